The van der Waals surface area contributed by atoms with Crippen LogP contribution in [0.4, 0.5) is 18.9 Å². The van der Waals surface area contributed by atoms with Crippen molar-refractivity contribution in [1.82, 2.24) is 0 Å². The van der Waals surface area contributed by atoms with E-state index in [0.717, 1.165) is 10.0 Å². The molecule has 0 amide bonds. The number of nitrogens with zero attached hydrogens (tertiary/aromatic N) is 1. The molecule has 5 heteroatoms. The standard InChI is InChI=1S/C11H9BrF3N/c12-9-3-4-10-8(6-9)2-1-5-16(10)7-11(13,14)15/h1-4,6H,5,7H2. The lowest BCUT2D eigenvalue weighted by Crippen LogP contribution is -2.35. The van der Waals surface area contributed by atoms with Crippen molar-refractivity contribution in [2.24, 2.45) is 0 Å². The van der Waals surface area contributed by atoms with Crippen LogP contribution in [-0.2, 0) is 0 Å². The maximum atomic E-state index is 12.3. The maximum Gasteiger partial charge on any atom is 0.405 e. The van der Waals surface area contributed by atoms with Gasteiger partial charge in [-0.15, -0.1) is 0 Å². The number of hydrogen-bond acceptors (Lipinski definition) is 1. The molecule has 0 fully saturated rings. The van der Waals surface area contributed by atoms with E-state index in [4.69, 9.17) is 0 Å². The highest BCUT2D eigenvalue weighted by Crippen LogP contribution is 2.30. The Kier molecular flexibility index (Phi) is 2.97. The van der Waals surface area contributed by atoms with Gasteiger partial charge < -0.3 is 4.90 Å². The molecule has 1 heterocycles. The van der Waals surface area contributed by atoms with E-state index in [1.807, 2.05) is 12.1 Å². The number of halogens is 4. The molecule has 0 spiro atoms. The van der Waals surface area contributed by atoms with Gasteiger partial charge in [0.15, 0.2) is 0 Å². The molecule has 0 atom stereocenters. The van der Waals surface area contributed by atoms with E-state index in [0.29, 0.717) is 12.2 Å². The lowest BCUT2D eigenvalue weighted by atomic mass is 10.1. The third kappa shape index (κ3) is 2.58. The van der Waals surface area contributed by atoms with Crippen LogP contribution in [0.3, 0.4) is 0 Å². The first kappa shape index (κ1) is 11.5. The van der Waals surface area contributed by atoms with Crippen LogP contribution in [0.25, 0.3) is 6.08 Å². The number of anilines is 1. The minimum atomic E-state index is -4.17. The lowest BCUT2D eigenvalue weighted by molar-refractivity contribution is -0.119. The Morgan fingerprint density at radius 1 is 1.31 bits per heavy atom. The van der Waals surface area contributed by atoms with Crippen LogP contribution in [-0.4, -0.2) is 19.3 Å². The van der Waals surface area contributed by atoms with Crippen molar-refractivity contribution >= 4 is 27.7 Å². The van der Waals surface area contributed by atoms with Gasteiger partial charge in [0.1, 0.15) is 6.54 Å². The molecule has 1 nitrogen and oxygen atoms in total. The van der Waals surface area contributed by atoms with E-state index >= 15 is 0 Å². The van der Waals surface area contributed by atoms with Gasteiger partial charge in [0.25, 0.3) is 0 Å². The van der Waals surface area contributed by atoms with Gasteiger partial charge in [-0.25, -0.2) is 0 Å². The van der Waals surface area contributed by atoms with Crippen molar-refractivity contribution in [2.45, 2.75) is 6.18 Å². The summed E-state index contributed by atoms with van der Waals surface area (Å²) in [6.45, 7) is -0.611. The topological polar surface area (TPSA) is 3.24 Å². The summed E-state index contributed by atoms with van der Waals surface area (Å²) in [5.41, 5.74) is 1.44. The van der Waals surface area contributed by atoms with Crippen molar-refractivity contribution < 1.29 is 13.2 Å². The maximum absolute atomic E-state index is 12.3. The summed E-state index contributed by atoms with van der Waals surface area (Å²) in [6.07, 6.45) is -0.594. The molecule has 0 bridgehead atoms. The molecule has 0 aliphatic carbocycles. The van der Waals surface area contributed by atoms with Gasteiger partial charge >= 0.3 is 6.18 Å². The van der Waals surface area contributed by atoms with E-state index in [-0.39, 0.29) is 0 Å². The zero-order valence-corrected chi connectivity index (χ0v) is 9.85. The van der Waals surface area contributed by atoms with Gasteiger partial charge in [0, 0.05) is 16.7 Å². The van der Waals surface area contributed by atoms with Gasteiger partial charge in [-0.3, -0.25) is 0 Å². The number of hydrogen-bond donors (Lipinski definition) is 0. The van der Waals surface area contributed by atoms with E-state index in [2.05, 4.69) is 15.9 Å². The number of alkyl halides is 3. The average Bonchev–Trinajstić information content (AvgIpc) is 2.15. The molecule has 0 unspecified atom stereocenters. The molecule has 1 aliphatic heterocycles. The highest BCUT2D eigenvalue weighted by Gasteiger charge is 2.31. The van der Waals surface area contributed by atoms with E-state index in [1.54, 1.807) is 18.2 Å². The molecule has 1 aliphatic rings. The van der Waals surface area contributed by atoms with Crippen LogP contribution in [0.15, 0.2) is 28.7 Å². The summed E-state index contributed by atoms with van der Waals surface area (Å²) in [6, 6.07) is 5.27. The third-order valence-corrected chi connectivity index (χ3v) is 2.82. The van der Waals surface area contributed by atoms with Crippen LogP contribution >= 0.6 is 15.9 Å². The zero-order valence-electron chi connectivity index (χ0n) is 8.26. The Morgan fingerprint density at radius 2 is 2.06 bits per heavy atom. The monoisotopic (exact) mass is 291 g/mol. The molecule has 2 rings (SSSR count). The van der Waals surface area contributed by atoms with Crippen molar-refractivity contribution in [3.05, 3.63) is 34.3 Å². The first-order valence-electron chi connectivity index (χ1n) is 4.73. The fourth-order valence-electron chi connectivity index (χ4n) is 1.72. The third-order valence-electron chi connectivity index (χ3n) is 2.32. The average molecular weight is 292 g/mol. The lowest BCUT2D eigenvalue weighted by Gasteiger charge is -2.29. The zero-order chi connectivity index (χ0) is 11.8. The second-order valence-electron chi connectivity index (χ2n) is 3.60. The van der Waals surface area contributed by atoms with Crippen LogP contribution in [0.2, 0.25) is 0 Å². The van der Waals surface area contributed by atoms with Crippen LogP contribution in [0, 0.1) is 0 Å². The summed E-state index contributed by atoms with van der Waals surface area (Å²) in [7, 11) is 0. The van der Waals surface area contributed by atoms with E-state index in [9.17, 15) is 13.2 Å². The fraction of sp³-hybridized carbons (Fsp3) is 0.273. The summed E-state index contributed by atoms with van der Waals surface area (Å²) < 4.78 is 37.9. The quantitative estimate of drug-likeness (QED) is 0.760. The summed E-state index contributed by atoms with van der Waals surface area (Å²) in [5.74, 6) is 0. The Bertz CT molecular complexity index is 426. The summed E-state index contributed by atoms with van der Waals surface area (Å²) in [4.78, 5) is 1.32. The molecule has 0 radical (unpaired) electrons. The molecule has 0 aromatic heterocycles. The van der Waals surface area contributed by atoms with Crippen molar-refractivity contribution in [1.29, 1.82) is 0 Å². The minimum absolute atomic E-state index is 0.300. The van der Waals surface area contributed by atoms with Crippen LogP contribution < -0.4 is 4.90 Å². The molecule has 16 heavy (non-hydrogen) atoms. The van der Waals surface area contributed by atoms with E-state index in [1.165, 1.54) is 4.90 Å². The van der Waals surface area contributed by atoms with Gasteiger partial charge in [0.2, 0.25) is 0 Å². The van der Waals surface area contributed by atoms with Gasteiger partial charge in [-0.05, 0) is 23.8 Å². The Labute approximate surface area is 99.7 Å². The fourth-order valence-corrected chi connectivity index (χ4v) is 2.10. The number of rotatable bonds is 1. The van der Waals surface area contributed by atoms with Crippen molar-refractivity contribution in [3.63, 3.8) is 0 Å². The van der Waals surface area contributed by atoms with Gasteiger partial charge in [-0.2, -0.15) is 13.2 Å². The largest absolute Gasteiger partial charge is 0.405 e. The highest BCUT2D eigenvalue weighted by atomic mass is 79.9. The van der Waals surface area contributed by atoms with Gasteiger partial charge in [0.05, 0.1) is 0 Å². The minimum Gasteiger partial charge on any atom is -0.358 e. The predicted octanol–water partition coefficient (Wildman–Crippen LogP) is 3.84. The Hall–Kier alpha value is -0.970. The smallest absolute Gasteiger partial charge is 0.358 e. The van der Waals surface area contributed by atoms with E-state index < -0.39 is 12.7 Å². The first-order valence-corrected chi connectivity index (χ1v) is 5.53. The van der Waals surface area contributed by atoms with Gasteiger partial charge in [-0.1, -0.05) is 28.1 Å². The predicted molar refractivity (Wildman–Crippen MR) is 61.4 cm³/mol. The second kappa shape index (κ2) is 4.13. The first-order chi connectivity index (χ1) is 7.46. The number of benzene rings is 1. The molecule has 1 aromatic carbocycles. The molecule has 1 aromatic rings. The number of fused-ring (bicyclic) bond motifs is 1. The Morgan fingerprint density at radius 3 is 2.75 bits per heavy atom. The highest BCUT2D eigenvalue weighted by molar-refractivity contribution is 9.10. The molecule has 86 valence electrons. The second-order valence-corrected chi connectivity index (χ2v) is 4.52. The van der Waals surface area contributed by atoms with Crippen LogP contribution in [0.1, 0.15) is 5.56 Å². The van der Waals surface area contributed by atoms with Crippen LogP contribution in [0.5, 0.6) is 0 Å². The van der Waals surface area contributed by atoms with Crippen molar-refractivity contribution in [3.8, 4) is 0 Å². The molecular weight excluding hydrogens is 283 g/mol. The normalized spacial score (nSPS) is 15.1. The summed E-state index contributed by atoms with van der Waals surface area (Å²) >= 11 is 3.30. The molecular formula is C11H9BrF3N. The Balaban J connectivity index is 2.30. The summed E-state index contributed by atoms with van der Waals surface area (Å²) in [5, 5.41) is 0. The van der Waals surface area contributed by atoms with Crippen molar-refractivity contribution in [2.75, 3.05) is 18.0 Å². The SMILES string of the molecule is FC(F)(F)CN1CC=Cc2cc(Br)ccc21. The molecule has 0 saturated heterocycles. The molecule has 0 N–H and O–H groups in total. The molecule has 0 saturated carbocycles.